The van der Waals surface area contributed by atoms with Crippen LogP contribution in [0.15, 0.2) is 36.5 Å². The van der Waals surface area contributed by atoms with Crippen LogP contribution in [0.3, 0.4) is 0 Å². The quantitative estimate of drug-likeness (QED) is 0.907. The first kappa shape index (κ1) is 14.8. The fourth-order valence-corrected chi connectivity index (χ4v) is 1.60. The third-order valence-electron chi connectivity index (χ3n) is 2.58. The van der Waals surface area contributed by atoms with E-state index in [-0.39, 0.29) is 17.9 Å². The number of carbonyl (C=O) groups is 1. The van der Waals surface area contributed by atoms with E-state index >= 15 is 0 Å². The molecule has 2 aromatic heterocycles. The van der Waals surface area contributed by atoms with Gasteiger partial charge in [0.05, 0.1) is 12.2 Å². The van der Waals surface area contributed by atoms with Crippen LogP contribution >= 0.6 is 0 Å². The molecule has 0 aliphatic rings. The number of carboxylic acid groups (broad SMARTS) is 1. The first-order valence-corrected chi connectivity index (χ1v) is 5.83. The Bertz CT molecular complexity index is 645. The number of halogens is 3. The van der Waals surface area contributed by atoms with Crippen LogP contribution < -0.4 is 5.32 Å². The van der Waals surface area contributed by atoms with Crippen LogP contribution in [0, 0.1) is 0 Å². The Morgan fingerprint density at radius 1 is 1.24 bits per heavy atom. The van der Waals surface area contributed by atoms with E-state index in [1.807, 2.05) is 0 Å². The van der Waals surface area contributed by atoms with Crippen molar-refractivity contribution in [1.29, 1.82) is 0 Å². The minimum Gasteiger partial charge on any atom is -0.478 e. The Labute approximate surface area is 117 Å². The number of hydrogen-bond acceptors (Lipinski definition) is 4. The lowest BCUT2D eigenvalue weighted by Gasteiger charge is -2.12. The van der Waals surface area contributed by atoms with Crippen molar-refractivity contribution >= 4 is 11.8 Å². The number of rotatable bonds is 4. The molecule has 2 aromatic rings. The fraction of sp³-hybridized carbons (Fsp3) is 0.154. The maximum absolute atomic E-state index is 12.6. The van der Waals surface area contributed by atoms with Crippen LogP contribution in [-0.4, -0.2) is 21.0 Å². The summed E-state index contributed by atoms with van der Waals surface area (Å²) in [7, 11) is 0. The smallest absolute Gasteiger partial charge is 0.433 e. The van der Waals surface area contributed by atoms with E-state index in [9.17, 15) is 18.0 Å². The number of nitrogens with one attached hydrogen (secondary N) is 1. The lowest BCUT2D eigenvalue weighted by Crippen LogP contribution is -2.14. The number of hydrogen-bond donors (Lipinski definition) is 2. The molecule has 0 radical (unpaired) electrons. The number of alkyl halides is 3. The van der Waals surface area contributed by atoms with E-state index in [1.54, 1.807) is 18.2 Å². The Hall–Kier alpha value is -2.64. The second kappa shape index (κ2) is 5.78. The molecule has 0 saturated carbocycles. The van der Waals surface area contributed by atoms with Gasteiger partial charge in [0, 0.05) is 6.20 Å². The van der Waals surface area contributed by atoms with Crippen LogP contribution in [0.4, 0.5) is 19.0 Å². The van der Waals surface area contributed by atoms with E-state index in [2.05, 4.69) is 15.3 Å². The van der Waals surface area contributed by atoms with Gasteiger partial charge in [-0.3, -0.25) is 4.98 Å². The van der Waals surface area contributed by atoms with Crippen LogP contribution in [0.25, 0.3) is 0 Å². The highest BCUT2D eigenvalue weighted by Crippen LogP contribution is 2.29. The highest BCUT2D eigenvalue weighted by Gasteiger charge is 2.33. The normalized spacial score (nSPS) is 11.2. The average molecular weight is 297 g/mol. The highest BCUT2D eigenvalue weighted by molar-refractivity contribution is 5.93. The van der Waals surface area contributed by atoms with Crippen molar-refractivity contribution in [2.24, 2.45) is 0 Å². The molecule has 0 unspecified atom stereocenters. The molecular formula is C13H10F3N3O2. The zero-order chi connectivity index (χ0) is 15.5. The largest absolute Gasteiger partial charge is 0.478 e. The predicted molar refractivity (Wildman–Crippen MR) is 67.8 cm³/mol. The van der Waals surface area contributed by atoms with E-state index < -0.39 is 17.8 Å². The highest BCUT2D eigenvalue weighted by atomic mass is 19.4. The summed E-state index contributed by atoms with van der Waals surface area (Å²) in [6.45, 7) is 0.0649. The van der Waals surface area contributed by atoms with Gasteiger partial charge in [0.25, 0.3) is 0 Å². The van der Waals surface area contributed by atoms with Crippen LogP contribution in [0.2, 0.25) is 0 Å². The molecule has 0 fully saturated rings. The molecule has 0 spiro atoms. The van der Waals surface area contributed by atoms with E-state index in [4.69, 9.17) is 5.11 Å². The van der Waals surface area contributed by atoms with Crippen molar-refractivity contribution in [2.45, 2.75) is 12.7 Å². The summed E-state index contributed by atoms with van der Waals surface area (Å²) in [5.41, 5.74) is -0.942. The molecule has 5 nitrogen and oxygen atoms in total. The minimum absolute atomic E-state index is 0.0649. The number of anilines is 1. The molecule has 2 rings (SSSR count). The van der Waals surface area contributed by atoms with Crippen molar-refractivity contribution in [3.63, 3.8) is 0 Å². The number of nitrogens with zero attached hydrogens (tertiary/aromatic N) is 2. The van der Waals surface area contributed by atoms with Gasteiger partial charge in [-0.15, -0.1) is 0 Å². The summed E-state index contributed by atoms with van der Waals surface area (Å²) in [4.78, 5) is 18.3. The molecule has 8 heteroatoms. The molecule has 2 N–H and O–H groups in total. The third-order valence-corrected chi connectivity index (χ3v) is 2.58. The summed E-state index contributed by atoms with van der Waals surface area (Å²) >= 11 is 0. The van der Waals surface area contributed by atoms with Crippen molar-refractivity contribution in [3.8, 4) is 0 Å². The first-order valence-electron chi connectivity index (χ1n) is 5.83. The van der Waals surface area contributed by atoms with Gasteiger partial charge < -0.3 is 10.4 Å². The third kappa shape index (κ3) is 3.68. The SMILES string of the molecule is O=C(O)c1ccc(C(F)(F)F)nc1NCc1ccccn1. The minimum atomic E-state index is -4.64. The lowest BCUT2D eigenvalue weighted by atomic mass is 10.2. The maximum atomic E-state index is 12.6. The maximum Gasteiger partial charge on any atom is 0.433 e. The van der Waals surface area contributed by atoms with Gasteiger partial charge in [-0.05, 0) is 24.3 Å². The van der Waals surface area contributed by atoms with Gasteiger partial charge >= 0.3 is 12.1 Å². The molecule has 110 valence electrons. The van der Waals surface area contributed by atoms with Gasteiger partial charge in [-0.2, -0.15) is 13.2 Å². The van der Waals surface area contributed by atoms with Crippen molar-refractivity contribution < 1.29 is 23.1 Å². The fourth-order valence-electron chi connectivity index (χ4n) is 1.60. The second-order valence-corrected chi connectivity index (χ2v) is 4.07. The summed E-state index contributed by atoms with van der Waals surface area (Å²) in [6.07, 6.45) is -3.12. The van der Waals surface area contributed by atoms with Gasteiger partial charge in [0.15, 0.2) is 0 Å². The molecule has 0 bridgehead atoms. The monoisotopic (exact) mass is 297 g/mol. The molecular weight excluding hydrogens is 287 g/mol. The number of carboxylic acids is 1. The molecule has 21 heavy (non-hydrogen) atoms. The van der Waals surface area contributed by atoms with Crippen LogP contribution in [-0.2, 0) is 12.7 Å². The lowest BCUT2D eigenvalue weighted by molar-refractivity contribution is -0.141. The van der Waals surface area contributed by atoms with Crippen LogP contribution in [0.5, 0.6) is 0 Å². The van der Waals surface area contributed by atoms with Crippen molar-refractivity contribution in [1.82, 2.24) is 9.97 Å². The van der Waals surface area contributed by atoms with Crippen molar-refractivity contribution in [2.75, 3.05) is 5.32 Å². The van der Waals surface area contributed by atoms with Gasteiger partial charge in [0.1, 0.15) is 17.1 Å². The van der Waals surface area contributed by atoms with Gasteiger partial charge in [0.2, 0.25) is 0 Å². The van der Waals surface area contributed by atoms with E-state index in [0.717, 1.165) is 6.07 Å². The molecule has 2 heterocycles. The summed E-state index contributed by atoms with van der Waals surface area (Å²) in [6, 6.07) is 6.56. The number of aromatic carboxylic acids is 1. The molecule has 0 aliphatic heterocycles. The first-order chi connectivity index (χ1) is 9.88. The summed E-state index contributed by atoms with van der Waals surface area (Å²) in [5.74, 6) is -1.71. The Kier molecular flexibility index (Phi) is 4.06. The van der Waals surface area contributed by atoms with Crippen LogP contribution in [0.1, 0.15) is 21.7 Å². The Morgan fingerprint density at radius 3 is 2.57 bits per heavy atom. The molecule has 0 saturated heterocycles. The summed E-state index contributed by atoms with van der Waals surface area (Å²) in [5, 5.41) is 11.5. The Balaban J connectivity index is 2.29. The zero-order valence-electron chi connectivity index (χ0n) is 10.6. The molecule has 0 amide bonds. The number of aromatic nitrogens is 2. The van der Waals surface area contributed by atoms with E-state index in [0.29, 0.717) is 11.8 Å². The molecule has 0 aromatic carbocycles. The topological polar surface area (TPSA) is 75.1 Å². The zero-order valence-corrected chi connectivity index (χ0v) is 10.6. The Morgan fingerprint density at radius 2 is 2.00 bits per heavy atom. The summed E-state index contributed by atoms with van der Waals surface area (Å²) < 4.78 is 37.8. The second-order valence-electron chi connectivity index (χ2n) is 4.07. The predicted octanol–water partition coefficient (Wildman–Crippen LogP) is 2.81. The van der Waals surface area contributed by atoms with Gasteiger partial charge in [-0.25, -0.2) is 9.78 Å². The van der Waals surface area contributed by atoms with E-state index in [1.165, 1.54) is 6.20 Å². The van der Waals surface area contributed by atoms with Crippen molar-refractivity contribution in [3.05, 3.63) is 53.5 Å². The molecule has 0 aliphatic carbocycles. The average Bonchev–Trinajstić information content (AvgIpc) is 2.45. The molecule has 0 atom stereocenters. The van der Waals surface area contributed by atoms with Gasteiger partial charge in [-0.1, -0.05) is 6.07 Å². The number of pyridine rings is 2. The standard InChI is InChI=1S/C13H10F3N3O2/c14-13(15,16)10-5-4-9(12(20)21)11(19-10)18-7-8-3-1-2-6-17-8/h1-6H,7H2,(H,18,19)(H,20,21).